The fourth-order valence-corrected chi connectivity index (χ4v) is 0.837. The van der Waals surface area contributed by atoms with E-state index < -0.39 is 0 Å². The summed E-state index contributed by atoms with van der Waals surface area (Å²) in [6.45, 7) is 3.11. The first kappa shape index (κ1) is 7.91. The normalized spacial score (nSPS) is 9.91. The Morgan fingerprint density at radius 2 is 2.55 bits per heavy atom. The zero-order chi connectivity index (χ0) is 8.10. The van der Waals surface area contributed by atoms with Crippen molar-refractivity contribution in [2.45, 2.75) is 19.8 Å². The third-order valence-corrected chi connectivity index (χ3v) is 1.51. The number of hydrogen-bond acceptors (Lipinski definition) is 3. The predicted octanol–water partition coefficient (Wildman–Crippen LogP) is 1.20. The molecule has 4 N–H and O–H groups in total. The number of aromatic nitrogens is 2. The highest BCUT2D eigenvalue weighted by molar-refractivity contribution is 5.59. The molecular weight excluding hydrogens is 140 g/mol. The Labute approximate surface area is 66.2 Å². The number of rotatable bonds is 4. The molecule has 0 aromatic carbocycles. The number of nitrogens with zero attached hydrogens (tertiary/aromatic N) is 1. The molecule has 0 aliphatic carbocycles. The number of nitrogen functional groups attached to an aromatic ring is 1. The van der Waals surface area contributed by atoms with Crippen LogP contribution in [0.25, 0.3) is 0 Å². The molecule has 62 valence electrons. The monoisotopic (exact) mass is 154 g/mol. The van der Waals surface area contributed by atoms with E-state index >= 15 is 0 Å². The van der Waals surface area contributed by atoms with Gasteiger partial charge in [-0.2, -0.15) is 5.10 Å². The highest BCUT2D eigenvalue weighted by Crippen LogP contribution is 2.12. The van der Waals surface area contributed by atoms with Crippen molar-refractivity contribution in [1.82, 2.24) is 10.2 Å². The molecule has 0 atom stereocenters. The van der Waals surface area contributed by atoms with E-state index in [2.05, 4.69) is 22.4 Å². The highest BCUT2D eigenvalue weighted by atomic mass is 15.2. The first-order valence-electron chi connectivity index (χ1n) is 3.87. The minimum Gasteiger partial charge on any atom is -0.382 e. The lowest BCUT2D eigenvalue weighted by Gasteiger charge is -2.01. The maximum absolute atomic E-state index is 5.54. The summed E-state index contributed by atoms with van der Waals surface area (Å²) >= 11 is 0. The van der Waals surface area contributed by atoms with Gasteiger partial charge in [0, 0.05) is 6.54 Å². The first-order valence-corrected chi connectivity index (χ1v) is 3.87. The molecule has 0 fully saturated rings. The van der Waals surface area contributed by atoms with E-state index in [1.54, 1.807) is 6.20 Å². The van der Waals surface area contributed by atoms with Crippen LogP contribution in [0.15, 0.2) is 6.20 Å². The van der Waals surface area contributed by atoms with E-state index in [1.165, 1.54) is 6.42 Å². The molecule has 1 aromatic rings. The second kappa shape index (κ2) is 3.85. The number of aromatic amines is 1. The maximum Gasteiger partial charge on any atom is 0.142 e. The smallest absolute Gasteiger partial charge is 0.142 e. The topological polar surface area (TPSA) is 66.7 Å². The van der Waals surface area contributed by atoms with Crippen LogP contribution in [0.4, 0.5) is 11.5 Å². The molecule has 0 radical (unpaired) electrons. The van der Waals surface area contributed by atoms with Crippen LogP contribution in [0.3, 0.4) is 0 Å². The zero-order valence-electron chi connectivity index (χ0n) is 6.72. The van der Waals surface area contributed by atoms with Gasteiger partial charge in [-0.15, -0.1) is 0 Å². The Kier molecular flexibility index (Phi) is 2.77. The van der Waals surface area contributed by atoms with Crippen molar-refractivity contribution in [1.29, 1.82) is 0 Å². The van der Waals surface area contributed by atoms with Gasteiger partial charge in [0.1, 0.15) is 5.82 Å². The molecule has 0 unspecified atom stereocenters. The molecule has 0 aliphatic rings. The van der Waals surface area contributed by atoms with Crippen LogP contribution in [0.1, 0.15) is 19.8 Å². The number of hydrogen-bond donors (Lipinski definition) is 3. The Hall–Kier alpha value is -1.19. The fraction of sp³-hybridized carbons (Fsp3) is 0.571. The first-order chi connectivity index (χ1) is 5.34. The summed E-state index contributed by atoms with van der Waals surface area (Å²) < 4.78 is 0. The van der Waals surface area contributed by atoms with Crippen LogP contribution >= 0.6 is 0 Å². The molecule has 11 heavy (non-hydrogen) atoms. The molecule has 1 rings (SSSR count). The van der Waals surface area contributed by atoms with Gasteiger partial charge < -0.3 is 11.1 Å². The molecule has 0 saturated heterocycles. The third-order valence-electron chi connectivity index (χ3n) is 1.51. The van der Waals surface area contributed by atoms with Crippen molar-refractivity contribution < 1.29 is 0 Å². The average Bonchev–Trinajstić information content (AvgIpc) is 2.37. The molecule has 1 heterocycles. The second-order valence-corrected chi connectivity index (χ2v) is 2.48. The van der Waals surface area contributed by atoms with Gasteiger partial charge in [0.2, 0.25) is 0 Å². The van der Waals surface area contributed by atoms with Gasteiger partial charge in [-0.25, -0.2) is 0 Å². The SMILES string of the molecule is CCCCNc1cn[nH]c1N. The number of nitrogens with two attached hydrogens (primary N) is 1. The van der Waals surface area contributed by atoms with E-state index in [0.717, 1.165) is 18.7 Å². The molecule has 0 spiro atoms. The van der Waals surface area contributed by atoms with E-state index in [9.17, 15) is 0 Å². The quantitative estimate of drug-likeness (QED) is 0.571. The van der Waals surface area contributed by atoms with Crippen LogP contribution in [0.5, 0.6) is 0 Å². The summed E-state index contributed by atoms with van der Waals surface area (Å²) in [5.74, 6) is 0.612. The Morgan fingerprint density at radius 3 is 3.09 bits per heavy atom. The van der Waals surface area contributed by atoms with Gasteiger partial charge in [0.05, 0.1) is 11.9 Å². The van der Waals surface area contributed by atoms with Crippen LogP contribution in [-0.2, 0) is 0 Å². The summed E-state index contributed by atoms with van der Waals surface area (Å²) in [6, 6.07) is 0. The molecule has 0 bridgehead atoms. The maximum atomic E-state index is 5.54. The van der Waals surface area contributed by atoms with Crippen molar-refractivity contribution in [3.63, 3.8) is 0 Å². The van der Waals surface area contributed by atoms with Crippen molar-refractivity contribution >= 4 is 11.5 Å². The van der Waals surface area contributed by atoms with Crippen LogP contribution in [0, 0.1) is 0 Å². The lowest BCUT2D eigenvalue weighted by molar-refractivity contribution is 0.834. The second-order valence-electron chi connectivity index (χ2n) is 2.48. The summed E-state index contributed by atoms with van der Waals surface area (Å²) in [6.07, 6.45) is 4.04. The van der Waals surface area contributed by atoms with E-state index in [1.807, 2.05) is 0 Å². The van der Waals surface area contributed by atoms with E-state index in [4.69, 9.17) is 5.73 Å². The molecular formula is C7H14N4. The standard InChI is InChI=1S/C7H14N4/c1-2-3-4-9-6-5-10-11-7(6)8/h5,9H,2-4H2,1H3,(H3,8,10,11). The van der Waals surface area contributed by atoms with Crippen molar-refractivity contribution in [2.75, 3.05) is 17.6 Å². The zero-order valence-corrected chi connectivity index (χ0v) is 6.72. The fourth-order valence-electron chi connectivity index (χ4n) is 0.837. The molecule has 0 saturated carbocycles. The number of nitrogens with one attached hydrogen (secondary N) is 2. The predicted molar refractivity (Wildman–Crippen MR) is 46.4 cm³/mol. The lowest BCUT2D eigenvalue weighted by atomic mass is 10.3. The number of unbranched alkanes of at least 4 members (excludes halogenated alkanes) is 1. The summed E-state index contributed by atoms with van der Waals surface area (Å²) in [7, 11) is 0. The Bertz CT molecular complexity index is 206. The Morgan fingerprint density at radius 1 is 1.73 bits per heavy atom. The average molecular weight is 154 g/mol. The molecule has 0 amide bonds. The van der Waals surface area contributed by atoms with Gasteiger partial charge in [0.25, 0.3) is 0 Å². The van der Waals surface area contributed by atoms with Gasteiger partial charge in [-0.1, -0.05) is 13.3 Å². The number of anilines is 2. The van der Waals surface area contributed by atoms with E-state index in [0.29, 0.717) is 5.82 Å². The third kappa shape index (κ3) is 2.14. The van der Waals surface area contributed by atoms with Crippen LogP contribution in [-0.4, -0.2) is 16.7 Å². The van der Waals surface area contributed by atoms with Gasteiger partial charge in [0.15, 0.2) is 0 Å². The summed E-state index contributed by atoms with van der Waals surface area (Å²) in [5.41, 5.74) is 6.44. The molecule has 0 aliphatic heterocycles. The highest BCUT2D eigenvalue weighted by Gasteiger charge is 1.97. The van der Waals surface area contributed by atoms with Crippen molar-refractivity contribution in [3.8, 4) is 0 Å². The summed E-state index contributed by atoms with van der Waals surface area (Å²) in [5, 5.41) is 9.62. The van der Waals surface area contributed by atoms with Crippen molar-refractivity contribution in [3.05, 3.63) is 6.20 Å². The summed E-state index contributed by atoms with van der Waals surface area (Å²) in [4.78, 5) is 0. The molecule has 1 aromatic heterocycles. The van der Waals surface area contributed by atoms with Crippen molar-refractivity contribution in [2.24, 2.45) is 0 Å². The minimum atomic E-state index is 0.612. The molecule has 4 heteroatoms. The largest absolute Gasteiger partial charge is 0.382 e. The van der Waals surface area contributed by atoms with Gasteiger partial charge in [-0.3, -0.25) is 5.10 Å². The minimum absolute atomic E-state index is 0.612. The van der Waals surface area contributed by atoms with Crippen LogP contribution in [0.2, 0.25) is 0 Å². The number of H-pyrrole nitrogens is 1. The Balaban J connectivity index is 2.32. The lowest BCUT2D eigenvalue weighted by Crippen LogP contribution is -2.01. The van der Waals surface area contributed by atoms with E-state index in [-0.39, 0.29) is 0 Å². The van der Waals surface area contributed by atoms with Crippen LogP contribution < -0.4 is 11.1 Å². The van der Waals surface area contributed by atoms with Gasteiger partial charge >= 0.3 is 0 Å². The molecule has 4 nitrogen and oxygen atoms in total. The van der Waals surface area contributed by atoms with Gasteiger partial charge in [-0.05, 0) is 6.42 Å².